The molecule has 7 heteroatoms. The van der Waals surface area contributed by atoms with Crippen LogP contribution in [0.1, 0.15) is 13.3 Å². The molecule has 2 rings (SSSR count). The van der Waals surface area contributed by atoms with Gasteiger partial charge in [-0.3, -0.25) is 0 Å². The van der Waals surface area contributed by atoms with Crippen LogP contribution < -0.4 is 11.2 Å². The second kappa shape index (κ2) is 5.94. The fourth-order valence-corrected chi connectivity index (χ4v) is 3.08. The molecule has 0 unspecified atom stereocenters. The van der Waals surface area contributed by atoms with E-state index in [1.807, 2.05) is 19.1 Å². The van der Waals surface area contributed by atoms with Crippen LogP contribution in [0.4, 0.5) is 4.79 Å². The zero-order chi connectivity index (χ0) is 13.8. The molecular formula is C12H14N4OS2. The van der Waals surface area contributed by atoms with Gasteiger partial charge in [0.1, 0.15) is 0 Å². The number of para-hydroxylation sites is 1. The largest absolute Gasteiger partial charge is 0.350 e. The SMILES string of the molecule is CC(CCn1c(=S)sc2ccccc21)=NNC(N)=O. The molecule has 3 N–H and O–H groups in total. The van der Waals surface area contributed by atoms with Gasteiger partial charge in [-0.05, 0) is 31.3 Å². The highest BCUT2D eigenvalue weighted by Gasteiger charge is 2.04. The van der Waals surface area contributed by atoms with E-state index in [1.54, 1.807) is 11.3 Å². The zero-order valence-corrected chi connectivity index (χ0v) is 12.1. The molecule has 2 aromatic rings. The highest BCUT2D eigenvalue weighted by molar-refractivity contribution is 7.73. The van der Waals surface area contributed by atoms with Crippen molar-refractivity contribution < 1.29 is 4.79 Å². The normalized spacial score (nSPS) is 11.7. The third-order valence-corrected chi connectivity index (χ3v) is 4.06. The molecular weight excluding hydrogens is 280 g/mol. The van der Waals surface area contributed by atoms with Crippen molar-refractivity contribution in [1.82, 2.24) is 9.99 Å². The lowest BCUT2D eigenvalue weighted by Crippen LogP contribution is -2.25. The first kappa shape index (κ1) is 13.7. The Kier molecular flexibility index (Phi) is 4.28. The number of hydrogen-bond acceptors (Lipinski definition) is 4. The van der Waals surface area contributed by atoms with E-state index in [0.29, 0.717) is 6.42 Å². The topological polar surface area (TPSA) is 72.4 Å². The van der Waals surface area contributed by atoms with Crippen molar-refractivity contribution in [2.75, 3.05) is 0 Å². The minimum Gasteiger partial charge on any atom is -0.350 e. The standard InChI is InChI=1S/C12H14N4OS2/c1-8(14-15-11(13)17)6-7-16-9-4-2-3-5-10(9)19-12(16)18/h2-5H,6-7H2,1H3,(H3,13,15,17). The second-order valence-corrected chi connectivity index (χ2v) is 5.74. The fourth-order valence-electron chi connectivity index (χ4n) is 1.71. The van der Waals surface area contributed by atoms with Gasteiger partial charge in [0.05, 0.1) is 10.2 Å². The van der Waals surface area contributed by atoms with Crippen molar-refractivity contribution in [3.63, 3.8) is 0 Å². The lowest BCUT2D eigenvalue weighted by molar-refractivity contribution is 0.249. The van der Waals surface area contributed by atoms with Gasteiger partial charge in [-0.15, -0.1) is 11.3 Å². The summed E-state index contributed by atoms with van der Waals surface area (Å²) in [6, 6.07) is 7.45. The minimum absolute atomic E-state index is 0.656. The Morgan fingerprint density at radius 2 is 2.26 bits per heavy atom. The molecule has 0 fully saturated rings. The third kappa shape index (κ3) is 3.39. The third-order valence-electron chi connectivity index (χ3n) is 2.63. The molecule has 100 valence electrons. The Morgan fingerprint density at radius 3 is 3.00 bits per heavy atom. The van der Waals surface area contributed by atoms with Gasteiger partial charge < -0.3 is 10.3 Å². The van der Waals surface area contributed by atoms with E-state index in [4.69, 9.17) is 18.0 Å². The van der Waals surface area contributed by atoms with Crippen LogP contribution in [0.25, 0.3) is 10.2 Å². The maximum absolute atomic E-state index is 10.5. The van der Waals surface area contributed by atoms with Crippen LogP contribution in [0.3, 0.4) is 0 Å². The first-order valence-electron chi connectivity index (χ1n) is 5.75. The summed E-state index contributed by atoms with van der Waals surface area (Å²) >= 11 is 6.96. The summed E-state index contributed by atoms with van der Waals surface area (Å²) in [7, 11) is 0. The lowest BCUT2D eigenvalue weighted by Gasteiger charge is -2.04. The van der Waals surface area contributed by atoms with Gasteiger partial charge in [0.25, 0.3) is 0 Å². The van der Waals surface area contributed by atoms with Gasteiger partial charge >= 0.3 is 6.03 Å². The molecule has 0 aliphatic carbocycles. The average Bonchev–Trinajstić information content (AvgIpc) is 2.69. The number of aromatic nitrogens is 1. The molecule has 0 saturated heterocycles. The minimum atomic E-state index is -0.656. The summed E-state index contributed by atoms with van der Waals surface area (Å²) in [6.07, 6.45) is 0.704. The number of benzene rings is 1. The number of nitrogens with one attached hydrogen (secondary N) is 1. The summed E-state index contributed by atoms with van der Waals surface area (Å²) in [5, 5.41) is 3.88. The summed E-state index contributed by atoms with van der Waals surface area (Å²) in [6.45, 7) is 2.58. The molecule has 0 saturated carbocycles. The Bertz CT molecular complexity index is 686. The Balaban J connectivity index is 2.14. The van der Waals surface area contributed by atoms with E-state index in [2.05, 4.69) is 27.2 Å². The molecule has 0 aliphatic heterocycles. The molecule has 0 atom stereocenters. The lowest BCUT2D eigenvalue weighted by atomic mass is 10.3. The summed E-state index contributed by atoms with van der Waals surface area (Å²) < 4.78 is 4.10. The van der Waals surface area contributed by atoms with E-state index < -0.39 is 6.03 Å². The quantitative estimate of drug-likeness (QED) is 0.517. The van der Waals surface area contributed by atoms with Crippen molar-refractivity contribution in [1.29, 1.82) is 0 Å². The maximum atomic E-state index is 10.5. The zero-order valence-electron chi connectivity index (χ0n) is 10.4. The van der Waals surface area contributed by atoms with Crippen LogP contribution in [-0.4, -0.2) is 16.3 Å². The van der Waals surface area contributed by atoms with Crippen molar-refractivity contribution in [2.24, 2.45) is 10.8 Å². The van der Waals surface area contributed by atoms with E-state index in [1.165, 1.54) is 4.70 Å². The molecule has 1 heterocycles. The molecule has 0 bridgehead atoms. The van der Waals surface area contributed by atoms with Gasteiger partial charge in [0.15, 0.2) is 3.95 Å². The summed E-state index contributed by atoms with van der Waals surface area (Å²) in [4.78, 5) is 10.5. The molecule has 5 nitrogen and oxygen atoms in total. The maximum Gasteiger partial charge on any atom is 0.332 e. The van der Waals surface area contributed by atoms with Crippen LogP contribution >= 0.6 is 23.6 Å². The number of nitrogens with two attached hydrogens (primary N) is 1. The number of urea groups is 1. The number of fused-ring (bicyclic) bond motifs is 1. The van der Waals surface area contributed by atoms with E-state index in [0.717, 1.165) is 21.7 Å². The second-order valence-electron chi connectivity index (χ2n) is 4.06. The molecule has 0 radical (unpaired) electrons. The highest BCUT2D eigenvalue weighted by atomic mass is 32.1. The number of thiazole rings is 1. The molecule has 1 aromatic heterocycles. The first-order chi connectivity index (χ1) is 9.08. The van der Waals surface area contributed by atoms with Crippen molar-refractivity contribution in [3.05, 3.63) is 28.2 Å². The summed E-state index contributed by atoms with van der Waals surface area (Å²) in [5.74, 6) is 0. The van der Waals surface area contributed by atoms with Crippen molar-refractivity contribution in [3.8, 4) is 0 Å². The van der Waals surface area contributed by atoms with Crippen LogP contribution in [0, 0.1) is 3.95 Å². The smallest absolute Gasteiger partial charge is 0.332 e. The number of carbonyl (C=O) groups excluding carboxylic acids is 1. The van der Waals surface area contributed by atoms with Crippen LogP contribution in [-0.2, 0) is 6.54 Å². The number of nitrogens with zero attached hydrogens (tertiary/aromatic N) is 2. The van der Waals surface area contributed by atoms with E-state index >= 15 is 0 Å². The molecule has 19 heavy (non-hydrogen) atoms. The predicted octanol–water partition coefficient (Wildman–Crippen LogP) is 2.87. The Morgan fingerprint density at radius 1 is 1.53 bits per heavy atom. The number of hydrazone groups is 1. The monoisotopic (exact) mass is 294 g/mol. The molecule has 0 aliphatic rings. The molecule has 0 spiro atoms. The fraction of sp³-hybridized carbons (Fsp3) is 0.250. The Hall–Kier alpha value is -1.73. The van der Waals surface area contributed by atoms with Crippen molar-refractivity contribution in [2.45, 2.75) is 19.9 Å². The predicted molar refractivity (Wildman–Crippen MR) is 81.1 cm³/mol. The van der Waals surface area contributed by atoms with Gasteiger partial charge in [-0.1, -0.05) is 12.1 Å². The first-order valence-corrected chi connectivity index (χ1v) is 6.97. The number of aryl methyl sites for hydroxylation is 1. The summed E-state index contributed by atoms with van der Waals surface area (Å²) in [5.41, 5.74) is 9.11. The number of carbonyl (C=O) groups is 1. The van der Waals surface area contributed by atoms with E-state index in [9.17, 15) is 4.79 Å². The molecule has 1 aromatic carbocycles. The van der Waals surface area contributed by atoms with Gasteiger partial charge in [0, 0.05) is 18.7 Å². The molecule has 2 amide bonds. The van der Waals surface area contributed by atoms with Gasteiger partial charge in [-0.25, -0.2) is 10.2 Å². The van der Waals surface area contributed by atoms with Crippen molar-refractivity contribution >= 4 is 45.5 Å². The Labute approximate surface area is 119 Å². The number of hydrogen-bond donors (Lipinski definition) is 2. The number of amides is 2. The van der Waals surface area contributed by atoms with Crippen LogP contribution in [0.5, 0.6) is 0 Å². The number of primary amides is 1. The highest BCUT2D eigenvalue weighted by Crippen LogP contribution is 2.22. The number of rotatable bonds is 4. The van der Waals surface area contributed by atoms with Gasteiger partial charge in [-0.2, -0.15) is 5.10 Å². The average molecular weight is 294 g/mol. The van der Waals surface area contributed by atoms with Gasteiger partial charge in [0.2, 0.25) is 0 Å². The van der Waals surface area contributed by atoms with E-state index in [-0.39, 0.29) is 0 Å². The van der Waals surface area contributed by atoms with Crippen LogP contribution in [0.2, 0.25) is 0 Å². The van der Waals surface area contributed by atoms with Crippen LogP contribution in [0.15, 0.2) is 29.4 Å².